The van der Waals surface area contributed by atoms with E-state index >= 15 is 0 Å². The second-order valence-corrected chi connectivity index (χ2v) is 4.82. The first-order valence-electron chi connectivity index (χ1n) is 6.96. The highest BCUT2D eigenvalue weighted by Crippen LogP contribution is 2.02. The Hall–Kier alpha value is -1.64. The van der Waals surface area contributed by atoms with Crippen molar-refractivity contribution in [3.05, 3.63) is 47.1 Å². The van der Waals surface area contributed by atoms with Crippen molar-refractivity contribution in [1.29, 1.82) is 0 Å². The second-order valence-electron chi connectivity index (χ2n) is 4.82. The van der Waals surface area contributed by atoms with Crippen LogP contribution in [-0.4, -0.2) is 29.7 Å². The Morgan fingerprint density at radius 3 is 2.50 bits per heavy atom. The van der Waals surface area contributed by atoms with Gasteiger partial charge in [-0.05, 0) is 19.4 Å². The summed E-state index contributed by atoms with van der Waals surface area (Å²) in [7, 11) is 1.75. The number of nitrogens with zero attached hydrogens (tertiary/aromatic N) is 3. The summed E-state index contributed by atoms with van der Waals surface area (Å²) in [6, 6.07) is 8.42. The zero-order valence-corrected chi connectivity index (χ0v) is 15.4. The summed E-state index contributed by atoms with van der Waals surface area (Å²) >= 11 is 0. The summed E-state index contributed by atoms with van der Waals surface area (Å²) in [5.74, 6) is 2.05. The van der Waals surface area contributed by atoms with Crippen molar-refractivity contribution in [2.75, 3.05) is 13.6 Å². The van der Waals surface area contributed by atoms with E-state index in [1.54, 1.807) is 7.05 Å². The Labute approximate surface area is 147 Å². The van der Waals surface area contributed by atoms with Crippen LogP contribution in [0.2, 0.25) is 0 Å². The molecule has 0 atom stereocenters. The molecular weight excluding hydrogens is 393 g/mol. The van der Waals surface area contributed by atoms with E-state index < -0.39 is 0 Å². The molecule has 0 saturated heterocycles. The molecule has 22 heavy (non-hydrogen) atoms. The quantitative estimate of drug-likeness (QED) is 0.445. The van der Waals surface area contributed by atoms with Crippen LogP contribution in [0.3, 0.4) is 0 Å². The monoisotopic (exact) mass is 415 g/mol. The van der Waals surface area contributed by atoms with Crippen LogP contribution in [0.25, 0.3) is 0 Å². The average Bonchev–Trinajstić information content (AvgIpc) is 2.90. The van der Waals surface area contributed by atoms with Crippen LogP contribution in [-0.2, 0) is 13.0 Å². The molecule has 2 rings (SSSR count). The van der Waals surface area contributed by atoms with Crippen LogP contribution in [0.4, 0.5) is 0 Å². The normalized spacial score (nSPS) is 11.0. The van der Waals surface area contributed by atoms with Crippen LogP contribution in [0.5, 0.6) is 0 Å². The number of nitrogens with one attached hydrogen (secondary N) is 2. The van der Waals surface area contributed by atoms with Crippen molar-refractivity contribution < 1.29 is 4.52 Å². The zero-order chi connectivity index (χ0) is 15.1. The molecule has 0 amide bonds. The molecule has 0 fully saturated rings. The van der Waals surface area contributed by atoms with Gasteiger partial charge in [-0.2, -0.15) is 4.98 Å². The maximum atomic E-state index is 5.06. The average molecular weight is 415 g/mol. The van der Waals surface area contributed by atoms with E-state index in [0.29, 0.717) is 24.7 Å². The predicted octanol–water partition coefficient (Wildman–Crippen LogP) is 2.21. The van der Waals surface area contributed by atoms with Crippen LogP contribution in [0.1, 0.15) is 22.8 Å². The van der Waals surface area contributed by atoms with Gasteiger partial charge in [-0.15, -0.1) is 24.0 Å². The van der Waals surface area contributed by atoms with Gasteiger partial charge < -0.3 is 15.2 Å². The molecule has 1 heterocycles. The molecule has 0 unspecified atom stereocenters. The number of rotatable bonds is 5. The number of aliphatic imine (C=N–C) groups is 1. The molecule has 7 heteroatoms. The largest absolute Gasteiger partial charge is 0.356 e. The summed E-state index contributed by atoms with van der Waals surface area (Å²) < 4.78 is 5.06. The minimum absolute atomic E-state index is 0. The highest BCUT2D eigenvalue weighted by molar-refractivity contribution is 14.0. The van der Waals surface area contributed by atoms with Gasteiger partial charge >= 0.3 is 0 Å². The maximum Gasteiger partial charge on any atom is 0.228 e. The molecule has 0 bridgehead atoms. The SMILES string of the molecule is CN=C(NCCc1nc(C)no1)NCc1ccc(C)cc1.I. The molecule has 0 spiro atoms. The first-order valence-corrected chi connectivity index (χ1v) is 6.96. The fourth-order valence-corrected chi connectivity index (χ4v) is 1.84. The fourth-order valence-electron chi connectivity index (χ4n) is 1.84. The summed E-state index contributed by atoms with van der Waals surface area (Å²) in [6.45, 7) is 5.31. The van der Waals surface area contributed by atoms with E-state index in [1.165, 1.54) is 11.1 Å². The number of hydrogen-bond donors (Lipinski definition) is 2. The molecule has 0 aliphatic heterocycles. The topological polar surface area (TPSA) is 75.3 Å². The molecule has 2 aromatic rings. The zero-order valence-electron chi connectivity index (χ0n) is 13.1. The van der Waals surface area contributed by atoms with Gasteiger partial charge in [0.25, 0.3) is 0 Å². The third-order valence-corrected chi connectivity index (χ3v) is 3.01. The Kier molecular flexibility index (Phi) is 7.86. The van der Waals surface area contributed by atoms with E-state index in [9.17, 15) is 0 Å². The number of aromatic nitrogens is 2. The van der Waals surface area contributed by atoms with E-state index in [2.05, 4.69) is 57.0 Å². The maximum absolute atomic E-state index is 5.06. The second kappa shape index (κ2) is 9.39. The number of benzene rings is 1. The van der Waals surface area contributed by atoms with Crippen molar-refractivity contribution in [2.24, 2.45) is 4.99 Å². The highest BCUT2D eigenvalue weighted by atomic mass is 127. The molecule has 120 valence electrons. The van der Waals surface area contributed by atoms with Crippen molar-refractivity contribution >= 4 is 29.9 Å². The van der Waals surface area contributed by atoms with Crippen LogP contribution in [0.15, 0.2) is 33.8 Å². The smallest absolute Gasteiger partial charge is 0.228 e. The number of halogens is 1. The van der Waals surface area contributed by atoms with E-state index in [-0.39, 0.29) is 24.0 Å². The van der Waals surface area contributed by atoms with Gasteiger partial charge in [0.15, 0.2) is 11.8 Å². The fraction of sp³-hybridized carbons (Fsp3) is 0.400. The predicted molar refractivity (Wildman–Crippen MR) is 97.5 cm³/mol. The summed E-state index contributed by atoms with van der Waals surface area (Å²) in [4.78, 5) is 8.34. The number of hydrogen-bond acceptors (Lipinski definition) is 4. The van der Waals surface area contributed by atoms with Gasteiger partial charge in [0.05, 0.1) is 0 Å². The lowest BCUT2D eigenvalue weighted by Gasteiger charge is -2.11. The van der Waals surface area contributed by atoms with E-state index in [0.717, 1.165) is 12.5 Å². The third kappa shape index (κ3) is 6.00. The lowest BCUT2D eigenvalue weighted by Crippen LogP contribution is -2.37. The van der Waals surface area contributed by atoms with E-state index in [4.69, 9.17) is 4.52 Å². The minimum atomic E-state index is 0. The minimum Gasteiger partial charge on any atom is -0.356 e. The van der Waals surface area contributed by atoms with Crippen LogP contribution in [0, 0.1) is 13.8 Å². The molecule has 1 aromatic carbocycles. The van der Waals surface area contributed by atoms with E-state index in [1.807, 2.05) is 6.92 Å². The Bertz CT molecular complexity index is 594. The molecule has 0 aliphatic carbocycles. The van der Waals surface area contributed by atoms with Gasteiger partial charge in [-0.1, -0.05) is 35.0 Å². The van der Waals surface area contributed by atoms with Crippen molar-refractivity contribution in [2.45, 2.75) is 26.8 Å². The Morgan fingerprint density at radius 2 is 1.91 bits per heavy atom. The molecule has 0 aliphatic rings. The Morgan fingerprint density at radius 1 is 1.18 bits per heavy atom. The molecule has 2 N–H and O–H groups in total. The van der Waals surface area contributed by atoms with Gasteiger partial charge in [0, 0.05) is 26.6 Å². The number of guanidine groups is 1. The van der Waals surface area contributed by atoms with Gasteiger partial charge in [0.2, 0.25) is 5.89 Å². The van der Waals surface area contributed by atoms with Gasteiger partial charge in [-0.3, -0.25) is 4.99 Å². The summed E-state index contributed by atoms with van der Waals surface area (Å²) in [5.41, 5.74) is 2.48. The van der Waals surface area contributed by atoms with Crippen molar-refractivity contribution in [3.63, 3.8) is 0 Å². The summed E-state index contributed by atoms with van der Waals surface area (Å²) in [5, 5.41) is 10.2. The third-order valence-electron chi connectivity index (χ3n) is 3.01. The van der Waals surface area contributed by atoms with Crippen molar-refractivity contribution in [1.82, 2.24) is 20.8 Å². The highest BCUT2D eigenvalue weighted by Gasteiger charge is 2.03. The Balaban J connectivity index is 0.00000242. The van der Waals surface area contributed by atoms with Gasteiger partial charge in [-0.25, -0.2) is 0 Å². The standard InChI is InChI=1S/C15H21N5O.HI/c1-11-4-6-13(7-5-11)10-18-15(16-3)17-9-8-14-19-12(2)20-21-14;/h4-7H,8-10H2,1-3H3,(H2,16,17,18);1H. The molecule has 6 nitrogen and oxygen atoms in total. The van der Waals surface area contributed by atoms with Crippen LogP contribution < -0.4 is 10.6 Å². The lowest BCUT2D eigenvalue weighted by molar-refractivity contribution is 0.374. The first kappa shape index (κ1) is 18.4. The van der Waals surface area contributed by atoms with Crippen molar-refractivity contribution in [3.8, 4) is 0 Å². The number of aryl methyl sites for hydroxylation is 2. The van der Waals surface area contributed by atoms with Crippen LogP contribution >= 0.6 is 24.0 Å². The lowest BCUT2D eigenvalue weighted by atomic mass is 10.1. The molecule has 0 radical (unpaired) electrons. The molecule has 1 aromatic heterocycles. The van der Waals surface area contributed by atoms with Gasteiger partial charge in [0.1, 0.15) is 0 Å². The molecule has 0 saturated carbocycles. The first-order chi connectivity index (χ1) is 10.2. The summed E-state index contributed by atoms with van der Waals surface area (Å²) in [6.07, 6.45) is 0.673. The molecular formula is C15H22IN5O.